The van der Waals surface area contributed by atoms with Gasteiger partial charge in [-0.05, 0) is 44.6 Å². The molecular formula is C21H27LiO4P. The van der Waals surface area contributed by atoms with E-state index in [0.29, 0.717) is 17.1 Å². The minimum Gasteiger partial charge on any atom is -0.496 e. The van der Waals surface area contributed by atoms with Gasteiger partial charge in [0.1, 0.15) is 22.8 Å². The number of carbonyl (C=O) groups is 1. The maximum absolute atomic E-state index is 12.8. The summed E-state index contributed by atoms with van der Waals surface area (Å²) in [6, 6.07) is 13.1. The van der Waals surface area contributed by atoms with Crippen molar-refractivity contribution in [3.8, 4) is 17.2 Å². The van der Waals surface area contributed by atoms with Crippen LogP contribution in [-0.4, -0.2) is 45.2 Å². The molecule has 0 aliphatic heterocycles. The van der Waals surface area contributed by atoms with E-state index in [4.69, 9.17) is 14.2 Å². The van der Waals surface area contributed by atoms with Crippen molar-refractivity contribution in [2.24, 2.45) is 0 Å². The Bertz CT molecular complexity index is 682. The summed E-state index contributed by atoms with van der Waals surface area (Å²) in [5.41, 5.74) is 0.486. The van der Waals surface area contributed by atoms with Gasteiger partial charge in [0.05, 0.1) is 20.8 Å². The Morgan fingerprint density at radius 2 is 1.56 bits per heavy atom. The first-order chi connectivity index (χ1) is 12.7. The Kier molecular flexibility index (Phi) is 11.2. The van der Waals surface area contributed by atoms with Crippen LogP contribution < -0.4 is 19.5 Å². The van der Waals surface area contributed by atoms with Gasteiger partial charge in [-0.3, -0.25) is 4.79 Å². The zero-order valence-electron chi connectivity index (χ0n) is 16.7. The quantitative estimate of drug-likeness (QED) is 0.328. The van der Waals surface area contributed by atoms with Gasteiger partial charge < -0.3 is 14.2 Å². The molecular weight excluding hydrogens is 354 g/mol. The molecule has 0 N–H and O–H groups in total. The number of carbonyl (C=O) groups excluding carboxylic acids is 1. The predicted octanol–water partition coefficient (Wildman–Crippen LogP) is 4.43. The maximum Gasteiger partial charge on any atom is 0.193 e. The molecule has 4 nitrogen and oxygen atoms in total. The van der Waals surface area contributed by atoms with Gasteiger partial charge in [0.25, 0.3) is 0 Å². The van der Waals surface area contributed by atoms with Gasteiger partial charge in [-0.25, -0.2) is 0 Å². The van der Waals surface area contributed by atoms with E-state index >= 15 is 0 Å². The van der Waals surface area contributed by atoms with Crippen LogP contribution in [0.15, 0.2) is 42.5 Å². The largest absolute Gasteiger partial charge is 0.496 e. The number of ether oxygens (including phenoxy) is 3. The maximum atomic E-state index is 12.8. The molecule has 27 heavy (non-hydrogen) atoms. The van der Waals surface area contributed by atoms with Crippen molar-refractivity contribution in [1.82, 2.24) is 0 Å². The fraction of sp³-hybridized carbons (Fsp3) is 0.381. The molecule has 1 radical (unpaired) electrons. The van der Waals surface area contributed by atoms with Gasteiger partial charge >= 0.3 is 0 Å². The standard InChI is InChI=1S/C21H27O4P.Li/c1-4-5-6-7-15-25-16-11-13-17(14-12-16)26-21(22)20-18(23-2)9-8-10-19(20)24-3;/h8-14,26H,4-7,15H2,1-3H3;. The van der Waals surface area contributed by atoms with Crippen LogP contribution in [-0.2, 0) is 0 Å². The van der Waals surface area contributed by atoms with E-state index in [2.05, 4.69) is 6.92 Å². The van der Waals surface area contributed by atoms with Crippen LogP contribution in [0.25, 0.3) is 0 Å². The van der Waals surface area contributed by atoms with Crippen molar-refractivity contribution in [3.63, 3.8) is 0 Å². The second-order valence-corrected chi connectivity index (χ2v) is 7.21. The van der Waals surface area contributed by atoms with E-state index in [0.717, 1.165) is 24.1 Å². The van der Waals surface area contributed by atoms with Gasteiger partial charge in [0, 0.05) is 18.9 Å². The van der Waals surface area contributed by atoms with Crippen molar-refractivity contribution in [3.05, 3.63) is 48.0 Å². The molecule has 2 aromatic carbocycles. The monoisotopic (exact) mass is 381 g/mol. The van der Waals surface area contributed by atoms with Crippen LogP contribution in [0.4, 0.5) is 0 Å². The van der Waals surface area contributed by atoms with Gasteiger partial charge in [-0.2, -0.15) is 0 Å². The molecule has 2 rings (SSSR count). The van der Waals surface area contributed by atoms with Crippen molar-refractivity contribution in [2.45, 2.75) is 32.6 Å². The van der Waals surface area contributed by atoms with Gasteiger partial charge in [-0.15, -0.1) is 0 Å². The molecule has 0 saturated carbocycles. The summed E-state index contributed by atoms with van der Waals surface area (Å²) in [4.78, 5) is 12.8. The summed E-state index contributed by atoms with van der Waals surface area (Å²) < 4.78 is 16.4. The number of hydrogen-bond donors (Lipinski definition) is 0. The average Bonchev–Trinajstić information content (AvgIpc) is 2.68. The second-order valence-electron chi connectivity index (χ2n) is 5.93. The van der Waals surface area contributed by atoms with Crippen molar-refractivity contribution in [2.75, 3.05) is 20.8 Å². The summed E-state index contributed by atoms with van der Waals surface area (Å²) >= 11 is 0. The molecule has 0 aliphatic carbocycles. The van der Waals surface area contributed by atoms with E-state index in [1.54, 1.807) is 26.4 Å². The third kappa shape index (κ3) is 7.22. The van der Waals surface area contributed by atoms with E-state index in [1.165, 1.54) is 19.3 Å². The molecule has 0 bridgehead atoms. The van der Waals surface area contributed by atoms with Crippen LogP contribution in [0.5, 0.6) is 17.2 Å². The molecule has 0 fully saturated rings. The van der Waals surface area contributed by atoms with Crippen LogP contribution in [0.1, 0.15) is 43.0 Å². The molecule has 0 heterocycles. The van der Waals surface area contributed by atoms with Crippen LogP contribution in [0.2, 0.25) is 0 Å². The fourth-order valence-electron chi connectivity index (χ4n) is 2.62. The van der Waals surface area contributed by atoms with Gasteiger partial charge in [-0.1, -0.05) is 44.4 Å². The number of methoxy groups -OCH3 is 2. The van der Waals surface area contributed by atoms with Crippen LogP contribution in [0.3, 0.4) is 0 Å². The normalized spacial score (nSPS) is 10.5. The van der Waals surface area contributed by atoms with Crippen LogP contribution >= 0.6 is 8.58 Å². The molecule has 0 spiro atoms. The summed E-state index contributed by atoms with van der Waals surface area (Å²) in [7, 11) is 3.11. The topological polar surface area (TPSA) is 44.8 Å². The molecule has 1 unspecified atom stereocenters. The number of unbranched alkanes of at least 4 members (excludes halogenated alkanes) is 3. The Hall–Kier alpha value is -1.46. The Balaban J connectivity index is 0.00000364. The molecule has 1 atom stereocenters. The van der Waals surface area contributed by atoms with Crippen molar-refractivity contribution >= 4 is 38.3 Å². The van der Waals surface area contributed by atoms with Crippen molar-refractivity contribution in [1.29, 1.82) is 0 Å². The van der Waals surface area contributed by atoms with Gasteiger partial charge in [0.15, 0.2) is 5.52 Å². The Labute approximate surface area is 175 Å². The first-order valence-corrected chi connectivity index (χ1v) is 9.94. The van der Waals surface area contributed by atoms with E-state index < -0.39 is 0 Å². The van der Waals surface area contributed by atoms with E-state index in [-0.39, 0.29) is 33.0 Å². The number of benzene rings is 2. The van der Waals surface area contributed by atoms with Crippen molar-refractivity contribution < 1.29 is 19.0 Å². The van der Waals surface area contributed by atoms with E-state index in [9.17, 15) is 4.79 Å². The average molecular weight is 381 g/mol. The van der Waals surface area contributed by atoms with E-state index in [1.807, 2.05) is 30.3 Å². The zero-order chi connectivity index (χ0) is 18.8. The summed E-state index contributed by atoms with van der Waals surface area (Å²) in [5, 5.41) is 0.960. The molecule has 6 heteroatoms. The molecule has 0 aromatic heterocycles. The third-order valence-corrected chi connectivity index (χ3v) is 5.13. The minimum absolute atomic E-state index is 0. The predicted molar refractivity (Wildman–Crippen MR) is 114 cm³/mol. The Morgan fingerprint density at radius 1 is 0.926 bits per heavy atom. The molecule has 141 valence electrons. The smallest absolute Gasteiger partial charge is 0.193 e. The summed E-state index contributed by atoms with van der Waals surface area (Å²) in [6.07, 6.45) is 4.74. The first-order valence-electron chi connectivity index (χ1n) is 8.94. The molecule has 0 aliphatic rings. The molecule has 2 aromatic rings. The minimum atomic E-state index is -0.00691. The second kappa shape index (κ2) is 12.8. The zero-order valence-corrected chi connectivity index (χ0v) is 17.7. The number of rotatable bonds is 11. The molecule has 0 saturated heterocycles. The van der Waals surface area contributed by atoms with Crippen LogP contribution in [0, 0.1) is 0 Å². The Morgan fingerprint density at radius 3 is 2.11 bits per heavy atom. The SMILES string of the molecule is CCCCCCOc1ccc(PC(=O)c2c(OC)cccc2OC)cc1.[Li]. The third-order valence-electron chi connectivity index (χ3n) is 4.03. The fourth-order valence-corrected chi connectivity index (χ4v) is 3.59. The first kappa shape index (κ1) is 23.6. The summed E-state index contributed by atoms with van der Waals surface area (Å²) in [5.74, 6) is 1.92. The van der Waals surface area contributed by atoms with Gasteiger partial charge in [0.2, 0.25) is 0 Å². The summed E-state index contributed by atoms with van der Waals surface area (Å²) in [6.45, 7) is 2.93. The molecule has 0 amide bonds. The number of hydrogen-bond acceptors (Lipinski definition) is 4.